The van der Waals surface area contributed by atoms with Crippen LogP contribution in [0, 0.1) is 6.92 Å². The Balaban J connectivity index is 1.79. The van der Waals surface area contributed by atoms with Crippen molar-refractivity contribution < 1.29 is 24.2 Å². The lowest BCUT2D eigenvalue weighted by molar-refractivity contribution is -0.123. The molecule has 0 spiro atoms. The van der Waals surface area contributed by atoms with Crippen LogP contribution in [0.4, 0.5) is 5.69 Å². The van der Waals surface area contributed by atoms with Crippen molar-refractivity contribution in [2.75, 3.05) is 12.4 Å². The quantitative estimate of drug-likeness (QED) is 0.587. The Morgan fingerprint density at radius 1 is 1.13 bits per heavy atom. The van der Waals surface area contributed by atoms with Gasteiger partial charge >= 0.3 is 5.97 Å². The summed E-state index contributed by atoms with van der Waals surface area (Å²) in [5.74, 6) is -1.53. The van der Waals surface area contributed by atoms with E-state index in [9.17, 15) is 19.5 Å². The van der Waals surface area contributed by atoms with Gasteiger partial charge in [0, 0.05) is 7.05 Å². The molecule has 0 aliphatic rings. The average molecular weight is 425 g/mol. The van der Waals surface area contributed by atoms with Crippen molar-refractivity contribution in [3.05, 3.63) is 70.1 Å². The van der Waals surface area contributed by atoms with Gasteiger partial charge in [0.05, 0.1) is 18.5 Å². The summed E-state index contributed by atoms with van der Waals surface area (Å²) >= 11 is 0. The van der Waals surface area contributed by atoms with Gasteiger partial charge in [-0.25, -0.2) is 9.48 Å². The molecule has 1 amide bonds. The second-order valence-corrected chi connectivity index (χ2v) is 6.86. The average Bonchev–Trinajstić information content (AvgIpc) is 2.97. The number of rotatable bonds is 6. The molecule has 3 aromatic rings. The number of aromatic nitrogens is 2. The fourth-order valence-electron chi connectivity index (χ4n) is 3.02. The summed E-state index contributed by atoms with van der Waals surface area (Å²) < 4.78 is 13.2. The zero-order chi connectivity index (χ0) is 22.7. The highest BCUT2D eigenvalue weighted by molar-refractivity contribution is 5.98. The number of esters is 1. The third kappa shape index (κ3) is 4.30. The van der Waals surface area contributed by atoms with E-state index in [1.54, 1.807) is 42.9 Å². The lowest BCUT2D eigenvalue weighted by atomic mass is 10.2. The molecule has 3 rings (SSSR count). The van der Waals surface area contributed by atoms with Crippen molar-refractivity contribution in [2.45, 2.75) is 20.0 Å². The van der Waals surface area contributed by atoms with E-state index in [1.165, 1.54) is 36.9 Å². The molecule has 2 aromatic carbocycles. The van der Waals surface area contributed by atoms with Gasteiger partial charge in [-0.15, -0.1) is 0 Å². The van der Waals surface area contributed by atoms with E-state index in [4.69, 9.17) is 9.47 Å². The van der Waals surface area contributed by atoms with Crippen molar-refractivity contribution in [3.63, 3.8) is 0 Å². The molecule has 31 heavy (non-hydrogen) atoms. The highest BCUT2D eigenvalue weighted by atomic mass is 16.5. The summed E-state index contributed by atoms with van der Waals surface area (Å²) in [5, 5.41) is 12.4. The minimum atomic E-state index is -1.22. The van der Waals surface area contributed by atoms with Gasteiger partial charge in [-0.1, -0.05) is 18.2 Å². The third-order valence-electron chi connectivity index (χ3n) is 4.88. The van der Waals surface area contributed by atoms with Crippen LogP contribution in [0.3, 0.4) is 0 Å². The van der Waals surface area contributed by atoms with Crippen molar-refractivity contribution in [1.29, 1.82) is 0 Å². The molecule has 0 aliphatic carbocycles. The molecule has 9 nitrogen and oxygen atoms in total. The number of nitrogens with one attached hydrogen (secondary N) is 1. The minimum Gasteiger partial charge on any atom is -0.507 e. The summed E-state index contributed by atoms with van der Waals surface area (Å²) in [6, 6.07) is 13.1. The van der Waals surface area contributed by atoms with Crippen LogP contribution in [0.25, 0.3) is 5.69 Å². The fourth-order valence-corrected chi connectivity index (χ4v) is 3.02. The molecule has 1 aromatic heterocycles. The van der Waals surface area contributed by atoms with Crippen molar-refractivity contribution in [3.8, 4) is 17.2 Å². The van der Waals surface area contributed by atoms with Gasteiger partial charge in [-0.2, -0.15) is 0 Å². The van der Waals surface area contributed by atoms with Gasteiger partial charge in [0.15, 0.2) is 6.10 Å². The van der Waals surface area contributed by atoms with Crippen LogP contribution in [-0.2, 0) is 16.6 Å². The molecule has 0 fully saturated rings. The summed E-state index contributed by atoms with van der Waals surface area (Å²) in [7, 11) is 3.12. The van der Waals surface area contributed by atoms with Gasteiger partial charge in [-0.3, -0.25) is 14.3 Å². The summed E-state index contributed by atoms with van der Waals surface area (Å²) in [5.41, 5.74) is 0.714. The predicted molar refractivity (Wildman–Crippen MR) is 114 cm³/mol. The van der Waals surface area contributed by atoms with E-state index < -0.39 is 23.5 Å². The number of benzene rings is 2. The first-order valence-electron chi connectivity index (χ1n) is 9.47. The van der Waals surface area contributed by atoms with E-state index in [-0.39, 0.29) is 17.0 Å². The van der Waals surface area contributed by atoms with E-state index in [2.05, 4.69) is 5.32 Å². The number of phenols is 1. The molecular formula is C22H23N3O6. The number of nitrogens with zero attached hydrogens (tertiary/aromatic N) is 2. The standard InChI is InChI=1S/C22H23N3O6/c1-13-19(21(28)25(24(13)3)15-8-6-5-7-9-15)23-20(27)14(2)31-22(29)17-12-16(30-4)10-11-18(17)26/h5-12,14,26H,1-4H3,(H,23,27)/t14-/m1/s1. The maximum absolute atomic E-state index is 12.9. The number of ether oxygens (including phenoxy) is 2. The largest absolute Gasteiger partial charge is 0.507 e. The van der Waals surface area contributed by atoms with Crippen molar-refractivity contribution in [1.82, 2.24) is 9.36 Å². The van der Waals surface area contributed by atoms with Gasteiger partial charge in [-0.05, 0) is 44.2 Å². The van der Waals surface area contributed by atoms with Crippen molar-refractivity contribution in [2.24, 2.45) is 7.05 Å². The molecule has 0 bridgehead atoms. The first kappa shape index (κ1) is 21.7. The fraction of sp³-hybridized carbons (Fsp3) is 0.227. The van der Waals surface area contributed by atoms with Crippen molar-refractivity contribution >= 4 is 17.6 Å². The number of aromatic hydroxyl groups is 1. The summed E-state index contributed by atoms with van der Waals surface area (Å²) in [4.78, 5) is 37.9. The lowest BCUT2D eigenvalue weighted by Gasteiger charge is -2.14. The van der Waals surface area contributed by atoms with Gasteiger partial charge in [0.2, 0.25) is 0 Å². The summed E-state index contributed by atoms with van der Waals surface area (Å²) in [6.45, 7) is 3.07. The first-order chi connectivity index (χ1) is 14.7. The molecule has 2 N–H and O–H groups in total. The van der Waals surface area contributed by atoms with Crippen LogP contribution in [-0.4, -0.2) is 39.6 Å². The Kier molecular flexibility index (Phi) is 6.15. The molecule has 0 saturated heterocycles. The number of carbonyl (C=O) groups is 2. The van der Waals surface area contributed by atoms with Crippen LogP contribution in [0.15, 0.2) is 53.3 Å². The third-order valence-corrected chi connectivity index (χ3v) is 4.88. The number of para-hydroxylation sites is 1. The van der Waals surface area contributed by atoms with E-state index in [0.29, 0.717) is 17.1 Å². The van der Waals surface area contributed by atoms with E-state index >= 15 is 0 Å². The van der Waals surface area contributed by atoms with Crippen LogP contribution in [0.5, 0.6) is 11.5 Å². The Morgan fingerprint density at radius 3 is 2.45 bits per heavy atom. The zero-order valence-corrected chi connectivity index (χ0v) is 17.6. The number of methoxy groups -OCH3 is 1. The number of amides is 1. The molecule has 0 aliphatic heterocycles. The zero-order valence-electron chi connectivity index (χ0n) is 17.6. The molecule has 0 saturated carbocycles. The lowest BCUT2D eigenvalue weighted by Crippen LogP contribution is -2.32. The minimum absolute atomic E-state index is 0.0866. The normalized spacial score (nSPS) is 11.6. The topological polar surface area (TPSA) is 112 Å². The molecular weight excluding hydrogens is 402 g/mol. The Bertz CT molecular complexity index is 1180. The molecule has 0 unspecified atom stereocenters. The van der Waals surface area contributed by atoms with Gasteiger partial charge < -0.3 is 19.9 Å². The first-order valence-corrected chi connectivity index (χ1v) is 9.47. The van der Waals surface area contributed by atoms with E-state index in [1.807, 2.05) is 6.07 Å². The Morgan fingerprint density at radius 2 is 1.81 bits per heavy atom. The SMILES string of the molecule is COc1ccc(O)c(C(=O)O[C@H](C)C(=O)Nc2c(C)n(C)n(-c3ccccc3)c2=O)c1. The molecule has 0 radical (unpaired) electrons. The van der Waals surface area contributed by atoms with Crippen LogP contribution in [0.2, 0.25) is 0 Å². The Labute approximate surface area is 178 Å². The van der Waals surface area contributed by atoms with Gasteiger partial charge in [0.1, 0.15) is 22.7 Å². The van der Waals surface area contributed by atoms with Gasteiger partial charge in [0.25, 0.3) is 11.5 Å². The number of hydrogen-bond donors (Lipinski definition) is 2. The van der Waals surface area contributed by atoms with E-state index in [0.717, 1.165) is 0 Å². The second kappa shape index (κ2) is 8.78. The van der Waals surface area contributed by atoms with Crippen LogP contribution >= 0.6 is 0 Å². The number of phenolic OH excluding ortho intramolecular Hbond substituents is 1. The van der Waals surface area contributed by atoms with Crippen LogP contribution < -0.4 is 15.6 Å². The monoisotopic (exact) mass is 425 g/mol. The number of hydrogen-bond acceptors (Lipinski definition) is 6. The molecule has 1 atom stereocenters. The number of carbonyl (C=O) groups excluding carboxylic acids is 2. The molecule has 1 heterocycles. The highest BCUT2D eigenvalue weighted by Crippen LogP contribution is 2.24. The molecule has 9 heteroatoms. The predicted octanol–water partition coefficient (Wildman–Crippen LogP) is 2.38. The second-order valence-electron chi connectivity index (χ2n) is 6.86. The smallest absolute Gasteiger partial charge is 0.342 e. The Hall–Kier alpha value is -4.01. The maximum atomic E-state index is 12.9. The van der Waals surface area contributed by atoms with Crippen LogP contribution in [0.1, 0.15) is 23.0 Å². The maximum Gasteiger partial charge on any atom is 0.342 e. The summed E-state index contributed by atoms with van der Waals surface area (Å²) in [6.07, 6.45) is -1.22. The number of anilines is 1. The molecule has 162 valence electrons. The highest BCUT2D eigenvalue weighted by Gasteiger charge is 2.24.